The zero-order valence-electron chi connectivity index (χ0n) is 35.5. The van der Waals surface area contributed by atoms with E-state index >= 15 is 0 Å². The molecular weight excluding hydrogens is 607 g/mol. The molecule has 9 aromatic rings. The molecule has 0 amide bonds. The van der Waals surface area contributed by atoms with Crippen molar-refractivity contribution in [2.75, 3.05) is 0 Å². The number of nitrogens with zero attached hydrogens (tertiary/aromatic N) is 3. The van der Waals surface area contributed by atoms with Crippen LogP contribution in [0.25, 0.3) is 89.1 Å². The molecule has 0 bridgehead atoms. The quantitative estimate of drug-likeness (QED) is 0.180. The molecule has 234 valence electrons. The Morgan fingerprint density at radius 3 is 1.64 bits per heavy atom. The minimum atomic E-state index is -0.646. The first-order valence-electron chi connectivity index (χ1n) is 20.6. The Morgan fingerprint density at radius 1 is 0.320 bits per heavy atom. The standard InChI is InChI=1S/C47H31N3/c1-3-11-32(12-4-1)34-21-23-36(24-22-34)45-48-46(50-47(49-45)44-20-10-16-35-15-7-8-19-43(35)44)42-18-9-17-37(31-42)39-27-28-40-29-38(25-26-41(40)30-39)33-13-5-2-6-14-33/h1-31H/i1D,3D,4D,11D,12D,21D,22D,23D,24D. The maximum atomic E-state index is 9.16. The van der Waals surface area contributed by atoms with E-state index in [2.05, 4.69) is 48.5 Å². The molecular formula is C47H31N3. The summed E-state index contributed by atoms with van der Waals surface area (Å²) >= 11 is 0. The highest BCUT2D eigenvalue weighted by molar-refractivity contribution is 5.95. The molecule has 50 heavy (non-hydrogen) atoms. The smallest absolute Gasteiger partial charge is 0.164 e. The summed E-state index contributed by atoms with van der Waals surface area (Å²) in [6.45, 7) is 0. The molecule has 0 saturated heterocycles. The summed E-state index contributed by atoms with van der Waals surface area (Å²) in [6.07, 6.45) is 0. The van der Waals surface area contributed by atoms with Gasteiger partial charge in [0.1, 0.15) is 0 Å². The molecule has 0 radical (unpaired) electrons. The van der Waals surface area contributed by atoms with Gasteiger partial charge in [0.05, 0.1) is 12.3 Å². The van der Waals surface area contributed by atoms with Gasteiger partial charge in [-0.2, -0.15) is 0 Å². The molecule has 0 saturated carbocycles. The molecule has 0 atom stereocenters. The van der Waals surface area contributed by atoms with Crippen molar-refractivity contribution in [3.63, 3.8) is 0 Å². The Labute approximate surface area is 303 Å². The minimum absolute atomic E-state index is 0.118. The summed E-state index contributed by atoms with van der Waals surface area (Å²) in [7, 11) is 0. The lowest BCUT2D eigenvalue weighted by Crippen LogP contribution is -2.00. The molecule has 8 aromatic carbocycles. The Morgan fingerprint density at radius 2 is 0.860 bits per heavy atom. The van der Waals surface area contributed by atoms with Crippen LogP contribution in [0.3, 0.4) is 0 Å². The molecule has 3 heteroatoms. The SMILES string of the molecule is [2H]c1c([2H])c([2H])c(-c2c([2H])c([2H])c(-c3nc(-c4cccc(-c5ccc6cc(-c7ccccc7)ccc6c5)c4)nc(-c4cccc5ccccc45)n3)c([2H])c2[2H])c([2H])c1[2H]. The lowest BCUT2D eigenvalue weighted by molar-refractivity contribution is 1.08. The van der Waals surface area contributed by atoms with Crippen molar-refractivity contribution in [3.8, 4) is 67.5 Å². The van der Waals surface area contributed by atoms with Crippen molar-refractivity contribution in [3.05, 3.63) is 188 Å². The summed E-state index contributed by atoms with van der Waals surface area (Å²) in [4.78, 5) is 14.5. The Bertz CT molecular complexity index is 3110. The lowest BCUT2D eigenvalue weighted by atomic mass is 9.97. The van der Waals surface area contributed by atoms with E-state index < -0.39 is 65.5 Å². The largest absolute Gasteiger partial charge is 0.208 e. The molecule has 0 fully saturated rings. The number of rotatable bonds is 6. The average molecular weight is 647 g/mol. The van der Waals surface area contributed by atoms with Gasteiger partial charge in [-0.25, -0.2) is 15.0 Å². The van der Waals surface area contributed by atoms with Gasteiger partial charge in [0.2, 0.25) is 0 Å². The zero-order chi connectivity index (χ0) is 41.1. The van der Waals surface area contributed by atoms with E-state index in [1.54, 1.807) is 0 Å². The molecule has 0 spiro atoms. The third-order valence-corrected chi connectivity index (χ3v) is 8.67. The molecule has 0 aliphatic carbocycles. The molecule has 3 nitrogen and oxygen atoms in total. The summed E-state index contributed by atoms with van der Waals surface area (Å²) in [6, 6.07) is 38.7. The fourth-order valence-corrected chi connectivity index (χ4v) is 6.16. The molecule has 0 aliphatic rings. The van der Waals surface area contributed by atoms with E-state index in [-0.39, 0.29) is 23.0 Å². The van der Waals surface area contributed by atoms with Crippen LogP contribution in [0.2, 0.25) is 0 Å². The monoisotopic (exact) mass is 646 g/mol. The second-order valence-electron chi connectivity index (χ2n) is 11.8. The van der Waals surface area contributed by atoms with Crippen LogP contribution < -0.4 is 0 Å². The van der Waals surface area contributed by atoms with Gasteiger partial charge in [-0.1, -0.05) is 170 Å². The first-order valence-corrected chi connectivity index (χ1v) is 16.1. The van der Waals surface area contributed by atoms with E-state index in [9.17, 15) is 0 Å². The highest BCUT2D eigenvalue weighted by Gasteiger charge is 2.15. The van der Waals surface area contributed by atoms with Crippen LogP contribution in [0.4, 0.5) is 0 Å². The van der Waals surface area contributed by atoms with Crippen LogP contribution in [0.15, 0.2) is 188 Å². The molecule has 0 aliphatic heterocycles. The average Bonchev–Trinajstić information content (AvgIpc) is 3.28. The van der Waals surface area contributed by atoms with Crippen LogP contribution in [-0.2, 0) is 0 Å². The zero-order valence-corrected chi connectivity index (χ0v) is 26.5. The van der Waals surface area contributed by atoms with Crippen molar-refractivity contribution in [2.45, 2.75) is 0 Å². The van der Waals surface area contributed by atoms with Crippen molar-refractivity contribution >= 4 is 21.5 Å². The van der Waals surface area contributed by atoms with Crippen molar-refractivity contribution in [1.82, 2.24) is 15.0 Å². The number of hydrogen-bond donors (Lipinski definition) is 0. The first-order chi connectivity index (χ1) is 28.5. The van der Waals surface area contributed by atoms with E-state index in [4.69, 9.17) is 27.3 Å². The van der Waals surface area contributed by atoms with Crippen molar-refractivity contribution in [2.24, 2.45) is 0 Å². The summed E-state index contributed by atoms with van der Waals surface area (Å²) in [5, 5.41) is 3.97. The van der Waals surface area contributed by atoms with E-state index in [1.165, 1.54) is 0 Å². The summed E-state index contributed by atoms with van der Waals surface area (Å²) in [5.41, 5.74) is 4.38. The van der Waals surface area contributed by atoms with Gasteiger partial charge in [0, 0.05) is 16.7 Å². The topological polar surface area (TPSA) is 38.7 Å². The number of hydrogen-bond acceptors (Lipinski definition) is 3. The summed E-state index contributed by atoms with van der Waals surface area (Å²) < 4.78 is 77.7. The number of aromatic nitrogens is 3. The van der Waals surface area contributed by atoms with Crippen LogP contribution in [-0.4, -0.2) is 15.0 Å². The van der Waals surface area contributed by atoms with Gasteiger partial charge < -0.3 is 0 Å². The van der Waals surface area contributed by atoms with Crippen LogP contribution in [0.5, 0.6) is 0 Å². The van der Waals surface area contributed by atoms with Gasteiger partial charge in [-0.3, -0.25) is 0 Å². The second kappa shape index (κ2) is 12.7. The molecule has 1 heterocycles. The lowest BCUT2D eigenvalue weighted by Gasteiger charge is -2.12. The first kappa shape index (κ1) is 21.3. The third kappa shape index (κ3) is 5.72. The van der Waals surface area contributed by atoms with Crippen molar-refractivity contribution < 1.29 is 12.3 Å². The number of fused-ring (bicyclic) bond motifs is 2. The van der Waals surface area contributed by atoms with Crippen LogP contribution >= 0.6 is 0 Å². The van der Waals surface area contributed by atoms with Crippen LogP contribution in [0.1, 0.15) is 12.3 Å². The Hall–Kier alpha value is -6.71. The second-order valence-corrected chi connectivity index (χ2v) is 11.8. The highest BCUT2D eigenvalue weighted by Crippen LogP contribution is 2.33. The Kier molecular flexibility index (Phi) is 5.42. The van der Waals surface area contributed by atoms with Gasteiger partial charge in [0.15, 0.2) is 17.5 Å². The van der Waals surface area contributed by atoms with Crippen molar-refractivity contribution in [1.29, 1.82) is 0 Å². The molecule has 1 aromatic heterocycles. The number of benzene rings is 8. The van der Waals surface area contributed by atoms with E-state index in [1.807, 2.05) is 84.9 Å². The minimum Gasteiger partial charge on any atom is -0.208 e. The molecule has 9 rings (SSSR count). The molecule has 0 N–H and O–H groups in total. The maximum absolute atomic E-state index is 9.16. The summed E-state index contributed by atoms with van der Waals surface area (Å²) in [5.74, 6) is 0.367. The van der Waals surface area contributed by atoms with Gasteiger partial charge in [-0.15, -0.1) is 0 Å². The normalized spacial score (nSPS) is 13.7. The predicted molar refractivity (Wildman–Crippen MR) is 207 cm³/mol. The predicted octanol–water partition coefficient (Wildman–Crippen LogP) is 12.2. The molecule has 0 unspecified atom stereocenters. The third-order valence-electron chi connectivity index (χ3n) is 8.67. The van der Waals surface area contributed by atoms with Crippen LogP contribution in [0, 0.1) is 0 Å². The van der Waals surface area contributed by atoms with Gasteiger partial charge in [-0.05, 0) is 73.1 Å². The fourth-order valence-electron chi connectivity index (χ4n) is 6.16. The highest BCUT2D eigenvalue weighted by atomic mass is 15.0. The van der Waals surface area contributed by atoms with E-state index in [0.717, 1.165) is 43.8 Å². The maximum Gasteiger partial charge on any atom is 0.164 e. The Balaban J connectivity index is 1.21. The van der Waals surface area contributed by atoms with Gasteiger partial charge in [0.25, 0.3) is 0 Å². The van der Waals surface area contributed by atoms with E-state index in [0.29, 0.717) is 11.1 Å². The van der Waals surface area contributed by atoms with Gasteiger partial charge >= 0.3 is 0 Å². The fraction of sp³-hybridized carbons (Fsp3) is 0.